The Kier molecular flexibility index (Phi) is 6.99. The second-order valence-electron chi connectivity index (χ2n) is 8.52. The minimum atomic E-state index is -3.66. The lowest BCUT2D eigenvalue weighted by molar-refractivity contribution is -0.116. The number of para-hydroxylation sites is 1. The Bertz CT molecular complexity index is 1430. The van der Waals surface area contributed by atoms with E-state index in [4.69, 9.17) is 0 Å². The Morgan fingerprint density at radius 2 is 1.74 bits per heavy atom. The van der Waals surface area contributed by atoms with Gasteiger partial charge in [-0.2, -0.15) is 4.31 Å². The number of aromatic nitrogens is 2. The van der Waals surface area contributed by atoms with Gasteiger partial charge < -0.3 is 5.32 Å². The van der Waals surface area contributed by atoms with Gasteiger partial charge in [0.2, 0.25) is 15.9 Å². The quantitative estimate of drug-likeness (QED) is 0.557. The number of amides is 1. The highest BCUT2D eigenvalue weighted by Gasteiger charge is 2.27. The number of carbonyl (C=O) groups excluding carboxylic acids is 1. The molecule has 1 amide bonds. The zero-order chi connectivity index (χ0) is 24.3. The van der Waals surface area contributed by atoms with Crippen molar-refractivity contribution in [3.63, 3.8) is 0 Å². The number of carbonyl (C=O) groups is 1. The molecule has 2 heterocycles. The van der Waals surface area contributed by atoms with Crippen molar-refractivity contribution in [3.8, 4) is 0 Å². The zero-order valence-corrected chi connectivity index (χ0v) is 19.9. The summed E-state index contributed by atoms with van der Waals surface area (Å²) in [5.74, 6) is -0.371. The first-order valence-electron chi connectivity index (χ1n) is 11.4. The lowest BCUT2D eigenvalue weighted by Crippen LogP contribution is -2.32. The molecule has 1 saturated heterocycles. The summed E-state index contributed by atoms with van der Waals surface area (Å²) in [5, 5.41) is 3.10. The molecule has 1 aromatic heterocycles. The van der Waals surface area contributed by atoms with Gasteiger partial charge in [0.15, 0.2) is 0 Å². The predicted octanol–water partition coefficient (Wildman–Crippen LogP) is 2.59. The van der Waals surface area contributed by atoms with Crippen LogP contribution < -0.4 is 16.6 Å². The monoisotopic (exact) mass is 484 g/mol. The van der Waals surface area contributed by atoms with Crippen LogP contribution in [0, 0.1) is 6.92 Å². The number of fused-ring (bicyclic) bond motifs is 1. The fourth-order valence-electron chi connectivity index (χ4n) is 4.28. The number of hydrogen-bond donors (Lipinski definition) is 2. The highest BCUT2D eigenvalue weighted by Crippen LogP contribution is 2.26. The number of nitrogens with one attached hydrogen (secondary N) is 2. The minimum absolute atomic E-state index is 0.0297. The van der Waals surface area contributed by atoms with Crippen LogP contribution in [0.15, 0.2) is 56.9 Å². The Morgan fingerprint density at radius 3 is 2.47 bits per heavy atom. The lowest BCUT2D eigenvalue weighted by atomic mass is 10.2. The van der Waals surface area contributed by atoms with E-state index < -0.39 is 21.3 Å². The maximum absolute atomic E-state index is 13.2. The van der Waals surface area contributed by atoms with Crippen LogP contribution in [-0.4, -0.2) is 41.3 Å². The van der Waals surface area contributed by atoms with E-state index in [1.807, 2.05) is 0 Å². The standard InChI is InChI=1S/C24H28N4O5S/c1-17-10-11-18(16-21(17)34(32,33)27-13-6-2-3-7-14-27)25-22(29)12-15-28-20-9-5-4-8-19(20)23(30)26-24(28)31/h4-5,8-11,16H,2-3,6-7,12-15H2,1H3,(H,25,29)(H,26,30,31). The summed E-state index contributed by atoms with van der Waals surface area (Å²) in [7, 11) is -3.66. The van der Waals surface area contributed by atoms with Gasteiger partial charge in [-0.25, -0.2) is 13.2 Å². The second kappa shape index (κ2) is 9.94. The molecule has 1 aliphatic heterocycles. The Hall–Kier alpha value is -3.24. The number of anilines is 1. The van der Waals surface area contributed by atoms with Crippen LogP contribution in [0.25, 0.3) is 10.9 Å². The number of H-pyrrole nitrogens is 1. The van der Waals surface area contributed by atoms with Crippen LogP contribution in [0.1, 0.15) is 37.7 Å². The molecular weight excluding hydrogens is 456 g/mol. The molecule has 10 heteroatoms. The number of aryl methyl sites for hydroxylation is 2. The normalized spacial score (nSPS) is 15.2. The third-order valence-electron chi connectivity index (χ3n) is 6.12. The SMILES string of the molecule is Cc1ccc(NC(=O)CCn2c(=O)[nH]c(=O)c3ccccc32)cc1S(=O)(=O)N1CCCCCC1. The molecule has 0 spiro atoms. The van der Waals surface area contributed by atoms with Crippen molar-refractivity contribution in [2.75, 3.05) is 18.4 Å². The molecule has 0 radical (unpaired) electrons. The van der Waals surface area contributed by atoms with Crippen LogP contribution in [0.2, 0.25) is 0 Å². The van der Waals surface area contributed by atoms with E-state index in [1.165, 1.54) is 14.9 Å². The molecule has 4 rings (SSSR count). The third kappa shape index (κ3) is 4.97. The number of hydrogen-bond acceptors (Lipinski definition) is 5. The van der Waals surface area contributed by atoms with Crippen molar-refractivity contribution in [2.24, 2.45) is 0 Å². The van der Waals surface area contributed by atoms with Gasteiger partial charge >= 0.3 is 5.69 Å². The average Bonchev–Trinajstić information content (AvgIpc) is 3.10. The first-order valence-corrected chi connectivity index (χ1v) is 12.8. The van der Waals surface area contributed by atoms with E-state index in [-0.39, 0.29) is 23.8 Å². The van der Waals surface area contributed by atoms with E-state index in [0.717, 1.165) is 25.7 Å². The van der Waals surface area contributed by atoms with Crippen molar-refractivity contribution in [2.45, 2.75) is 50.5 Å². The molecule has 34 heavy (non-hydrogen) atoms. The molecular formula is C24H28N4O5S. The number of aromatic amines is 1. The third-order valence-corrected chi connectivity index (χ3v) is 8.16. The van der Waals surface area contributed by atoms with Crippen LogP contribution in [0.5, 0.6) is 0 Å². The maximum Gasteiger partial charge on any atom is 0.328 e. The van der Waals surface area contributed by atoms with Crippen molar-refractivity contribution >= 4 is 32.5 Å². The van der Waals surface area contributed by atoms with Crippen molar-refractivity contribution < 1.29 is 13.2 Å². The van der Waals surface area contributed by atoms with Gasteiger partial charge in [-0.1, -0.05) is 31.0 Å². The maximum atomic E-state index is 13.2. The predicted molar refractivity (Wildman–Crippen MR) is 130 cm³/mol. The Morgan fingerprint density at radius 1 is 1.03 bits per heavy atom. The fourth-order valence-corrected chi connectivity index (χ4v) is 6.05. The largest absolute Gasteiger partial charge is 0.328 e. The van der Waals surface area contributed by atoms with Crippen LogP contribution in [-0.2, 0) is 21.4 Å². The fraction of sp³-hybridized carbons (Fsp3) is 0.375. The Balaban J connectivity index is 1.51. The van der Waals surface area contributed by atoms with Gasteiger partial charge in [-0.15, -0.1) is 0 Å². The van der Waals surface area contributed by atoms with Gasteiger partial charge in [-0.05, 0) is 49.6 Å². The van der Waals surface area contributed by atoms with Crippen molar-refractivity contribution in [3.05, 3.63) is 68.9 Å². The molecule has 0 unspecified atom stereocenters. The molecule has 0 atom stereocenters. The summed E-state index contributed by atoms with van der Waals surface area (Å²) in [6.45, 7) is 2.80. The molecule has 2 N–H and O–H groups in total. The van der Waals surface area contributed by atoms with Gasteiger partial charge in [0, 0.05) is 31.7 Å². The Labute approximate surface area is 197 Å². The summed E-state index contributed by atoms with van der Waals surface area (Å²) in [5.41, 5.74) is 0.387. The van der Waals surface area contributed by atoms with E-state index in [1.54, 1.807) is 43.3 Å². The average molecular weight is 485 g/mol. The molecule has 1 fully saturated rings. The summed E-state index contributed by atoms with van der Waals surface area (Å²) in [4.78, 5) is 39.4. The summed E-state index contributed by atoms with van der Waals surface area (Å²) in [6, 6.07) is 11.5. The number of nitrogens with zero attached hydrogens (tertiary/aromatic N) is 2. The van der Waals surface area contributed by atoms with E-state index in [0.29, 0.717) is 35.2 Å². The molecule has 2 aromatic carbocycles. The van der Waals surface area contributed by atoms with Crippen molar-refractivity contribution in [1.82, 2.24) is 13.9 Å². The number of benzene rings is 2. The molecule has 0 bridgehead atoms. The molecule has 180 valence electrons. The summed E-state index contributed by atoms with van der Waals surface area (Å²) >= 11 is 0. The second-order valence-corrected chi connectivity index (χ2v) is 10.4. The van der Waals surface area contributed by atoms with Gasteiger partial charge in [-0.3, -0.25) is 19.1 Å². The molecule has 9 nitrogen and oxygen atoms in total. The summed E-state index contributed by atoms with van der Waals surface area (Å²) < 4.78 is 29.4. The van der Waals surface area contributed by atoms with Gasteiger partial charge in [0.05, 0.1) is 15.8 Å². The summed E-state index contributed by atoms with van der Waals surface area (Å²) in [6.07, 6.45) is 3.70. The van der Waals surface area contributed by atoms with E-state index in [9.17, 15) is 22.8 Å². The minimum Gasteiger partial charge on any atom is -0.326 e. The van der Waals surface area contributed by atoms with Crippen LogP contribution in [0.4, 0.5) is 5.69 Å². The number of sulfonamides is 1. The lowest BCUT2D eigenvalue weighted by Gasteiger charge is -2.21. The smallest absolute Gasteiger partial charge is 0.326 e. The van der Waals surface area contributed by atoms with E-state index >= 15 is 0 Å². The first-order chi connectivity index (χ1) is 16.3. The zero-order valence-electron chi connectivity index (χ0n) is 19.0. The van der Waals surface area contributed by atoms with Crippen molar-refractivity contribution in [1.29, 1.82) is 0 Å². The van der Waals surface area contributed by atoms with Gasteiger partial charge in [0.1, 0.15) is 0 Å². The molecule has 0 aliphatic carbocycles. The van der Waals surface area contributed by atoms with Gasteiger partial charge in [0.25, 0.3) is 5.56 Å². The first kappa shape index (κ1) is 23.9. The topological polar surface area (TPSA) is 121 Å². The van der Waals surface area contributed by atoms with Crippen LogP contribution in [0.3, 0.4) is 0 Å². The van der Waals surface area contributed by atoms with Crippen LogP contribution >= 0.6 is 0 Å². The molecule has 3 aromatic rings. The highest BCUT2D eigenvalue weighted by molar-refractivity contribution is 7.89. The highest BCUT2D eigenvalue weighted by atomic mass is 32.2. The molecule has 1 aliphatic rings. The van der Waals surface area contributed by atoms with E-state index in [2.05, 4.69) is 10.3 Å². The number of rotatable bonds is 6. The molecule has 0 saturated carbocycles.